The fourth-order valence-electron chi connectivity index (χ4n) is 2.95. The first-order valence-corrected chi connectivity index (χ1v) is 9.88. The van der Waals surface area contributed by atoms with Gasteiger partial charge in [-0.3, -0.25) is 4.79 Å². The summed E-state index contributed by atoms with van der Waals surface area (Å²) in [6, 6.07) is 22.4. The largest absolute Gasteiger partial charge is 0.488 e. The number of esters is 1. The molecule has 5 nitrogen and oxygen atoms in total. The van der Waals surface area contributed by atoms with Crippen molar-refractivity contribution in [2.24, 2.45) is 0 Å². The fourth-order valence-corrected chi connectivity index (χ4v) is 2.95. The first-order chi connectivity index (χ1) is 14.5. The number of hydrogen-bond acceptors (Lipinski definition) is 4. The van der Waals surface area contributed by atoms with E-state index in [0.717, 1.165) is 17.5 Å². The van der Waals surface area contributed by atoms with Crippen LogP contribution in [0.15, 0.2) is 72.8 Å². The molecule has 154 valence electrons. The molecule has 30 heavy (non-hydrogen) atoms. The van der Waals surface area contributed by atoms with Crippen LogP contribution in [-0.4, -0.2) is 18.5 Å². The summed E-state index contributed by atoms with van der Waals surface area (Å²) < 4.78 is 11.0. The minimum atomic E-state index is -0.605. The van der Waals surface area contributed by atoms with E-state index in [0.29, 0.717) is 18.0 Å². The molecule has 1 N–H and O–H groups in total. The van der Waals surface area contributed by atoms with Crippen LogP contribution in [0.1, 0.15) is 34.0 Å². The standard InChI is InChI=1S/C25H25NO4/c1-3-19-11-13-21(14-12-19)26-24(27)17-30-25(28)22-9-4-5-10-23(22)29-16-20-8-6-7-18(2)15-20/h4-15H,3,16-17H2,1-2H3,(H,26,27). The van der Waals surface area contributed by atoms with E-state index in [2.05, 4.69) is 12.2 Å². The number of nitrogens with one attached hydrogen (secondary N) is 1. The number of aryl methyl sites for hydroxylation is 2. The first-order valence-electron chi connectivity index (χ1n) is 9.88. The Labute approximate surface area is 176 Å². The lowest BCUT2D eigenvalue weighted by atomic mass is 10.1. The van der Waals surface area contributed by atoms with Crippen molar-refractivity contribution >= 4 is 17.6 Å². The van der Waals surface area contributed by atoms with Gasteiger partial charge in [-0.15, -0.1) is 0 Å². The van der Waals surface area contributed by atoms with Gasteiger partial charge in [0, 0.05) is 5.69 Å². The molecule has 3 rings (SSSR count). The number of anilines is 1. The molecule has 3 aromatic rings. The Balaban J connectivity index is 1.56. The maximum Gasteiger partial charge on any atom is 0.342 e. The summed E-state index contributed by atoms with van der Waals surface area (Å²) >= 11 is 0. The maximum absolute atomic E-state index is 12.5. The number of carbonyl (C=O) groups excluding carboxylic acids is 2. The van der Waals surface area contributed by atoms with Gasteiger partial charge in [-0.25, -0.2) is 4.79 Å². The van der Waals surface area contributed by atoms with Gasteiger partial charge in [0.2, 0.25) is 0 Å². The molecule has 0 bridgehead atoms. The summed E-state index contributed by atoms with van der Waals surface area (Å²) in [5.74, 6) is -0.586. The van der Waals surface area contributed by atoms with E-state index in [9.17, 15) is 9.59 Å². The number of hydrogen-bond donors (Lipinski definition) is 1. The lowest BCUT2D eigenvalue weighted by Gasteiger charge is -2.12. The van der Waals surface area contributed by atoms with Crippen molar-refractivity contribution in [3.8, 4) is 5.75 Å². The molecule has 3 aromatic carbocycles. The Morgan fingerprint density at radius 3 is 2.40 bits per heavy atom. The van der Waals surface area contributed by atoms with E-state index >= 15 is 0 Å². The Kier molecular flexibility index (Phi) is 7.22. The molecule has 1 amide bonds. The molecule has 0 aliphatic rings. The molecule has 5 heteroatoms. The maximum atomic E-state index is 12.5. The van der Waals surface area contributed by atoms with Crippen LogP contribution in [0.5, 0.6) is 5.75 Å². The number of carbonyl (C=O) groups is 2. The van der Waals surface area contributed by atoms with Gasteiger partial charge in [0.25, 0.3) is 5.91 Å². The SMILES string of the molecule is CCc1ccc(NC(=O)COC(=O)c2ccccc2OCc2cccc(C)c2)cc1. The van der Waals surface area contributed by atoms with Crippen LogP contribution in [0, 0.1) is 6.92 Å². The second-order valence-electron chi connectivity index (χ2n) is 6.95. The second kappa shape index (κ2) is 10.3. The number of ether oxygens (including phenoxy) is 2. The van der Waals surface area contributed by atoms with Crippen molar-refractivity contribution in [3.63, 3.8) is 0 Å². The molecular weight excluding hydrogens is 378 g/mol. The monoisotopic (exact) mass is 403 g/mol. The summed E-state index contributed by atoms with van der Waals surface area (Å²) in [6.45, 7) is 4.04. The van der Waals surface area contributed by atoms with Crippen LogP contribution in [0.3, 0.4) is 0 Å². The summed E-state index contributed by atoms with van der Waals surface area (Å²) in [5, 5.41) is 2.72. The average molecular weight is 403 g/mol. The first kappa shape index (κ1) is 21.1. The Morgan fingerprint density at radius 1 is 0.900 bits per heavy atom. The number of rotatable bonds is 8. The smallest absolute Gasteiger partial charge is 0.342 e. The summed E-state index contributed by atoms with van der Waals surface area (Å²) in [4.78, 5) is 24.6. The van der Waals surface area contributed by atoms with E-state index in [1.54, 1.807) is 24.3 Å². The minimum Gasteiger partial charge on any atom is -0.488 e. The summed E-state index contributed by atoms with van der Waals surface area (Å²) in [6.07, 6.45) is 0.928. The highest BCUT2D eigenvalue weighted by Crippen LogP contribution is 2.21. The van der Waals surface area contributed by atoms with Crippen molar-refractivity contribution in [3.05, 3.63) is 95.1 Å². The molecule has 0 heterocycles. The van der Waals surface area contributed by atoms with Crippen molar-refractivity contribution < 1.29 is 19.1 Å². The highest BCUT2D eigenvalue weighted by Gasteiger charge is 2.15. The normalized spacial score (nSPS) is 10.3. The lowest BCUT2D eigenvalue weighted by molar-refractivity contribution is -0.119. The number of benzene rings is 3. The van der Waals surface area contributed by atoms with Gasteiger partial charge >= 0.3 is 5.97 Å². The minimum absolute atomic E-state index is 0.283. The highest BCUT2D eigenvalue weighted by molar-refractivity contribution is 5.96. The van der Waals surface area contributed by atoms with E-state index in [1.807, 2.05) is 55.5 Å². The van der Waals surface area contributed by atoms with Gasteiger partial charge < -0.3 is 14.8 Å². The number of para-hydroxylation sites is 1. The third kappa shape index (κ3) is 5.95. The third-order valence-electron chi connectivity index (χ3n) is 4.56. The average Bonchev–Trinajstić information content (AvgIpc) is 2.77. The Morgan fingerprint density at radius 2 is 1.67 bits per heavy atom. The second-order valence-corrected chi connectivity index (χ2v) is 6.95. The Hall–Kier alpha value is -3.60. The molecule has 0 fully saturated rings. The number of amides is 1. The fraction of sp³-hybridized carbons (Fsp3) is 0.200. The Bertz CT molecular complexity index is 1010. The lowest BCUT2D eigenvalue weighted by Crippen LogP contribution is -2.21. The van der Waals surface area contributed by atoms with Gasteiger partial charge in [-0.1, -0.05) is 61.0 Å². The van der Waals surface area contributed by atoms with Crippen molar-refractivity contribution in [2.75, 3.05) is 11.9 Å². The van der Waals surface area contributed by atoms with Crippen LogP contribution in [0.4, 0.5) is 5.69 Å². The molecular formula is C25H25NO4. The van der Waals surface area contributed by atoms with Gasteiger partial charge in [0.1, 0.15) is 17.9 Å². The van der Waals surface area contributed by atoms with Crippen LogP contribution in [0.2, 0.25) is 0 Å². The van der Waals surface area contributed by atoms with Gasteiger partial charge in [0.05, 0.1) is 0 Å². The topological polar surface area (TPSA) is 64.6 Å². The zero-order chi connectivity index (χ0) is 21.3. The summed E-state index contributed by atoms with van der Waals surface area (Å²) in [7, 11) is 0. The van der Waals surface area contributed by atoms with Crippen LogP contribution in [0.25, 0.3) is 0 Å². The molecule has 0 atom stereocenters. The van der Waals surface area contributed by atoms with E-state index in [-0.39, 0.29) is 12.2 Å². The van der Waals surface area contributed by atoms with E-state index < -0.39 is 11.9 Å². The molecule has 0 aliphatic carbocycles. The highest BCUT2D eigenvalue weighted by atomic mass is 16.5. The molecule has 0 saturated heterocycles. The van der Waals surface area contributed by atoms with Crippen LogP contribution in [-0.2, 0) is 22.6 Å². The molecule has 0 spiro atoms. The van der Waals surface area contributed by atoms with Gasteiger partial charge in [0.15, 0.2) is 6.61 Å². The van der Waals surface area contributed by atoms with Crippen LogP contribution >= 0.6 is 0 Å². The summed E-state index contributed by atoms with van der Waals surface area (Å²) in [5.41, 5.74) is 4.27. The predicted octanol–water partition coefficient (Wildman–Crippen LogP) is 4.93. The molecule has 0 saturated carbocycles. The van der Waals surface area contributed by atoms with Gasteiger partial charge in [-0.2, -0.15) is 0 Å². The van der Waals surface area contributed by atoms with Gasteiger partial charge in [-0.05, 0) is 48.7 Å². The van der Waals surface area contributed by atoms with Crippen molar-refractivity contribution in [1.82, 2.24) is 0 Å². The molecule has 0 aromatic heterocycles. The van der Waals surface area contributed by atoms with Crippen molar-refractivity contribution in [2.45, 2.75) is 26.9 Å². The molecule has 0 radical (unpaired) electrons. The molecule has 0 unspecified atom stereocenters. The van der Waals surface area contributed by atoms with Crippen LogP contribution < -0.4 is 10.1 Å². The van der Waals surface area contributed by atoms with E-state index in [4.69, 9.17) is 9.47 Å². The predicted molar refractivity (Wildman–Crippen MR) is 117 cm³/mol. The zero-order valence-electron chi connectivity index (χ0n) is 17.2. The third-order valence-corrected chi connectivity index (χ3v) is 4.56. The molecule has 0 aliphatic heterocycles. The van der Waals surface area contributed by atoms with E-state index in [1.165, 1.54) is 5.56 Å². The zero-order valence-corrected chi connectivity index (χ0v) is 17.2. The quantitative estimate of drug-likeness (QED) is 0.542. The van der Waals surface area contributed by atoms with Crippen molar-refractivity contribution in [1.29, 1.82) is 0 Å².